The van der Waals surface area contributed by atoms with Crippen LogP contribution in [-0.2, 0) is 6.54 Å². The number of fused-ring (bicyclic) bond motifs is 1. The molecule has 0 aliphatic carbocycles. The van der Waals surface area contributed by atoms with Gasteiger partial charge < -0.3 is 25.4 Å². The van der Waals surface area contributed by atoms with Gasteiger partial charge in [0.05, 0.1) is 12.0 Å². The van der Waals surface area contributed by atoms with Crippen molar-refractivity contribution in [2.75, 3.05) is 54.4 Å². The summed E-state index contributed by atoms with van der Waals surface area (Å²) in [4.78, 5) is 21.8. The van der Waals surface area contributed by atoms with Crippen LogP contribution in [0.5, 0.6) is 0 Å². The molecular weight excluding hydrogens is 514 g/mol. The van der Waals surface area contributed by atoms with Crippen LogP contribution >= 0.6 is 0 Å². The van der Waals surface area contributed by atoms with Crippen LogP contribution in [0, 0.1) is 0 Å². The zero-order valence-electron chi connectivity index (χ0n) is 24.7. The zero-order valence-corrected chi connectivity index (χ0v) is 24.7. The quantitative estimate of drug-likeness (QED) is 0.335. The van der Waals surface area contributed by atoms with Gasteiger partial charge in [-0.1, -0.05) is 18.2 Å². The molecule has 2 aliphatic heterocycles. The molecule has 0 bridgehead atoms. The minimum absolute atomic E-state index is 0.244. The Morgan fingerprint density at radius 2 is 1.66 bits per heavy atom. The van der Waals surface area contributed by atoms with Gasteiger partial charge in [-0.3, -0.25) is 4.90 Å². The van der Waals surface area contributed by atoms with Crippen LogP contribution in [0.25, 0.3) is 16.9 Å². The predicted molar refractivity (Wildman–Crippen MR) is 165 cm³/mol. The molecule has 3 N–H and O–H groups in total. The number of nitrogens with zero attached hydrogens (tertiary/aromatic N) is 9. The highest BCUT2D eigenvalue weighted by molar-refractivity contribution is 5.84. The molecule has 5 heterocycles. The van der Waals surface area contributed by atoms with E-state index in [1.165, 1.54) is 0 Å². The minimum Gasteiger partial charge on any atom is -0.364 e. The molecule has 2 aliphatic rings. The Hall–Kier alpha value is -3.70. The number of imidazole rings is 1. The van der Waals surface area contributed by atoms with Gasteiger partial charge in [-0.15, -0.1) is 0 Å². The SMILES string of the molecule is CC(C)N1CCN(c2ccn(-c3ccccc3CNc3nc(N4CCC(N)CC4)nc4c3ncn4C(C)C)n2)CC1. The predicted octanol–water partition coefficient (Wildman–Crippen LogP) is 3.66. The van der Waals surface area contributed by atoms with Crippen molar-refractivity contribution >= 4 is 28.7 Å². The molecule has 2 fully saturated rings. The topological polar surface area (TPSA) is 109 Å². The molecule has 0 spiro atoms. The van der Waals surface area contributed by atoms with Crippen LogP contribution < -0.4 is 20.9 Å². The highest BCUT2D eigenvalue weighted by atomic mass is 15.4. The molecule has 0 unspecified atom stereocenters. The van der Waals surface area contributed by atoms with Crippen molar-refractivity contribution in [3.8, 4) is 5.69 Å². The highest BCUT2D eigenvalue weighted by Crippen LogP contribution is 2.27. The fourth-order valence-electron chi connectivity index (χ4n) is 5.79. The first-order valence-electron chi connectivity index (χ1n) is 15.0. The third-order valence-electron chi connectivity index (χ3n) is 8.42. The first-order valence-corrected chi connectivity index (χ1v) is 15.0. The average molecular weight is 558 g/mol. The number of nitrogens with one attached hydrogen (secondary N) is 1. The second kappa shape index (κ2) is 11.7. The Bertz CT molecular complexity index is 1460. The number of aromatic nitrogens is 6. The number of nitrogens with two attached hydrogens (primary N) is 1. The van der Waals surface area contributed by atoms with E-state index >= 15 is 0 Å². The first kappa shape index (κ1) is 27.5. The molecule has 2 saturated heterocycles. The van der Waals surface area contributed by atoms with E-state index in [0.29, 0.717) is 12.6 Å². The van der Waals surface area contributed by atoms with Crippen LogP contribution in [0.4, 0.5) is 17.6 Å². The molecule has 218 valence electrons. The Morgan fingerprint density at radius 3 is 2.39 bits per heavy atom. The van der Waals surface area contributed by atoms with Gasteiger partial charge in [0, 0.05) is 76.2 Å². The molecule has 0 atom stereocenters. The number of benzene rings is 1. The molecule has 41 heavy (non-hydrogen) atoms. The summed E-state index contributed by atoms with van der Waals surface area (Å²) in [5.74, 6) is 2.51. The lowest BCUT2D eigenvalue weighted by molar-refractivity contribution is 0.209. The first-order chi connectivity index (χ1) is 19.9. The van der Waals surface area contributed by atoms with Crippen LogP contribution in [-0.4, -0.2) is 85.6 Å². The van der Waals surface area contributed by atoms with Gasteiger partial charge in [0.15, 0.2) is 22.8 Å². The Kier molecular flexibility index (Phi) is 7.81. The standard InChI is InChI=1S/C30H43N11/c1-21(2)37-15-17-38(18-16-37)26-11-14-41(36-26)25-8-6-5-7-23(25)19-32-28-27-29(40(20-33-27)22(3)4)35-30(34-28)39-12-9-24(31)10-13-39/h5-8,11,14,20-22,24H,9-10,12-13,15-19,31H2,1-4H3,(H,32,34,35). The van der Waals surface area contributed by atoms with E-state index in [1.54, 1.807) is 0 Å². The highest BCUT2D eigenvalue weighted by Gasteiger charge is 2.23. The molecular formula is C30H43N11. The summed E-state index contributed by atoms with van der Waals surface area (Å²) in [6.07, 6.45) is 5.82. The Balaban J connectivity index is 1.24. The maximum absolute atomic E-state index is 6.17. The number of piperidine rings is 1. The normalized spacial score (nSPS) is 17.3. The van der Waals surface area contributed by atoms with Crippen LogP contribution in [0.15, 0.2) is 42.9 Å². The fourth-order valence-corrected chi connectivity index (χ4v) is 5.79. The number of rotatable bonds is 8. The molecule has 6 rings (SSSR count). The van der Waals surface area contributed by atoms with E-state index < -0.39 is 0 Å². The molecule has 0 saturated carbocycles. The maximum atomic E-state index is 6.17. The molecule has 1 aromatic carbocycles. The van der Waals surface area contributed by atoms with E-state index in [4.69, 9.17) is 25.8 Å². The lowest BCUT2D eigenvalue weighted by Crippen LogP contribution is -2.49. The Labute approximate surface area is 242 Å². The number of hydrogen-bond acceptors (Lipinski definition) is 9. The number of anilines is 3. The van der Waals surface area contributed by atoms with E-state index in [1.807, 2.05) is 11.0 Å². The summed E-state index contributed by atoms with van der Waals surface area (Å²) in [7, 11) is 0. The zero-order chi connectivity index (χ0) is 28.5. The monoisotopic (exact) mass is 557 g/mol. The summed E-state index contributed by atoms with van der Waals surface area (Å²) >= 11 is 0. The van der Waals surface area contributed by atoms with Crippen molar-refractivity contribution in [2.24, 2.45) is 5.73 Å². The van der Waals surface area contributed by atoms with Gasteiger partial charge in [0.1, 0.15) is 0 Å². The lowest BCUT2D eigenvalue weighted by Gasteiger charge is -2.37. The van der Waals surface area contributed by atoms with Crippen molar-refractivity contribution < 1.29 is 0 Å². The minimum atomic E-state index is 0.244. The van der Waals surface area contributed by atoms with Gasteiger partial charge in [0.25, 0.3) is 0 Å². The molecule has 0 amide bonds. The summed E-state index contributed by atoms with van der Waals surface area (Å²) < 4.78 is 4.11. The fraction of sp³-hybridized carbons (Fsp3) is 0.533. The van der Waals surface area contributed by atoms with Crippen molar-refractivity contribution in [2.45, 2.75) is 65.2 Å². The van der Waals surface area contributed by atoms with Gasteiger partial charge >= 0.3 is 0 Å². The lowest BCUT2D eigenvalue weighted by atomic mass is 10.1. The molecule has 3 aromatic heterocycles. The molecule has 11 heteroatoms. The molecule has 0 radical (unpaired) electrons. The van der Waals surface area contributed by atoms with Crippen molar-refractivity contribution in [3.05, 3.63) is 48.4 Å². The largest absolute Gasteiger partial charge is 0.364 e. The smallest absolute Gasteiger partial charge is 0.229 e. The van der Waals surface area contributed by atoms with Gasteiger partial charge in [0.2, 0.25) is 5.95 Å². The third kappa shape index (κ3) is 5.73. The summed E-state index contributed by atoms with van der Waals surface area (Å²) in [5.41, 5.74) is 9.99. The van der Waals surface area contributed by atoms with Gasteiger partial charge in [-0.2, -0.15) is 15.1 Å². The van der Waals surface area contributed by atoms with Gasteiger partial charge in [-0.05, 0) is 52.2 Å². The maximum Gasteiger partial charge on any atom is 0.229 e. The van der Waals surface area contributed by atoms with E-state index in [2.05, 4.69) is 88.8 Å². The molecule has 11 nitrogen and oxygen atoms in total. The van der Waals surface area contributed by atoms with Gasteiger partial charge in [-0.25, -0.2) is 9.67 Å². The summed E-state index contributed by atoms with van der Waals surface area (Å²) in [6.45, 7) is 15.3. The second-order valence-corrected chi connectivity index (χ2v) is 11.8. The number of piperazine rings is 1. The van der Waals surface area contributed by atoms with E-state index in [-0.39, 0.29) is 12.1 Å². The number of hydrogen-bond donors (Lipinski definition) is 2. The molecule has 4 aromatic rings. The second-order valence-electron chi connectivity index (χ2n) is 11.8. The van der Waals surface area contributed by atoms with Crippen LogP contribution in [0.2, 0.25) is 0 Å². The van der Waals surface area contributed by atoms with E-state index in [9.17, 15) is 0 Å². The third-order valence-corrected chi connectivity index (χ3v) is 8.42. The van der Waals surface area contributed by atoms with Crippen molar-refractivity contribution in [3.63, 3.8) is 0 Å². The summed E-state index contributed by atoms with van der Waals surface area (Å²) in [6, 6.07) is 11.6. The van der Waals surface area contributed by atoms with Crippen LogP contribution in [0.3, 0.4) is 0 Å². The average Bonchev–Trinajstić information content (AvgIpc) is 3.65. The summed E-state index contributed by atoms with van der Waals surface area (Å²) in [5, 5.41) is 8.59. The number of para-hydroxylation sites is 1. The van der Waals surface area contributed by atoms with Crippen molar-refractivity contribution in [1.82, 2.24) is 34.2 Å². The van der Waals surface area contributed by atoms with E-state index in [0.717, 1.165) is 92.1 Å². The Morgan fingerprint density at radius 1 is 0.902 bits per heavy atom. The van der Waals surface area contributed by atoms with Crippen molar-refractivity contribution in [1.29, 1.82) is 0 Å². The van der Waals surface area contributed by atoms with Crippen LogP contribution in [0.1, 0.15) is 52.1 Å².